The SMILES string of the molecule is O=C(O)C(F)(F)F.O=C(O)C(F)(F)F.O=C1[C@H]2CN(Cc3ccsc3)C[C@H]2CN1c1cccnc1. The zero-order valence-electron chi connectivity index (χ0n) is 17.7. The Morgan fingerprint density at radius 2 is 1.63 bits per heavy atom. The molecule has 4 rings (SSSR count). The standard InChI is InChI=1S/C16H17N3OS.2C2HF3O2/c20-16-15-10-18(7-12-3-5-21-11-12)8-13(15)9-19(16)14-2-1-4-17-6-14;2*3-2(4,5)1(6)7/h1-6,11,13,15H,7-10H2;2*(H,6,7)/t13-,15-;;/m0../s1. The molecule has 192 valence electrons. The molecule has 8 nitrogen and oxygen atoms in total. The van der Waals surface area contributed by atoms with E-state index in [1.165, 1.54) is 5.56 Å². The summed E-state index contributed by atoms with van der Waals surface area (Å²) in [6.45, 7) is 3.70. The number of carbonyl (C=O) groups excluding carboxylic acids is 1. The predicted octanol–water partition coefficient (Wildman–Crippen LogP) is 3.50. The van der Waals surface area contributed by atoms with Gasteiger partial charge in [-0.3, -0.25) is 14.7 Å². The molecule has 35 heavy (non-hydrogen) atoms. The molecular weight excluding hydrogens is 508 g/mol. The lowest BCUT2D eigenvalue weighted by Crippen LogP contribution is -2.32. The van der Waals surface area contributed by atoms with Gasteiger partial charge in [0.25, 0.3) is 0 Å². The molecule has 2 aliphatic heterocycles. The molecule has 1 amide bonds. The van der Waals surface area contributed by atoms with Gasteiger partial charge >= 0.3 is 24.3 Å². The van der Waals surface area contributed by atoms with E-state index in [1.54, 1.807) is 23.7 Å². The highest BCUT2D eigenvalue weighted by molar-refractivity contribution is 7.07. The third-order valence-electron chi connectivity index (χ3n) is 4.95. The molecule has 0 spiro atoms. The summed E-state index contributed by atoms with van der Waals surface area (Å²) < 4.78 is 63.5. The Bertz CT molecular complexity index is 977. The summed E-state index contributed by atoms with van der Waals surface area (Å²) in [5.74, 6) is -4.64. The molecule has 0 radical (unpaired) electrons. The first-order chi connectivity index (χ1) is 16.2. The number of anilines is 1. The lowest BCUT2D eigenvalue weighted by atomic mass is 10.0. The molecule has 2 aromatic rings. The normalized spacial score (nSPS) is 19.8. The molecule has 2 atom stereocenters. The highest BCUT2D eigenvalue weighted by Gasteiger charge is 2.46. The van der Waals surface area contributed by atoms with Crippen LogP contribution in [0.5, 0.6) is 0 Å². The number of aliphatic carboxylic acids is 2. The molecule has 2 saturated heterocycles. The first-order valence-electron chi connectivity index (χ1n) is 9.75. The van der Waals surface area contributed by atoms with Crippen molar-refractivity contribution in [3.63, 3.8) is 0 Å². The van der Waals surface area contributed by atoms with E-state index in [2.05, 4.69) is 26.7 Å². The molecule has 2 fully saturated rings. The van der Waals surface area contributed by atoms with Gasteiger partial charge in [-0.2, -0.15) is 37.7 Å². The van der Waals surface area contributed by atoms with Crippen LogP contribution in [-0.2, 0) is 20.9 Å². The minimum Gasteiger partial charge on any atom is -0.475 e. The fourth-order valence-corrected chi connectivity index (χ4v) is 4.13. The van der Waals surface area contributed by atoms with Crippen LogP contribution in [0, 0.1) is 11.8 Å². The summed E-state index contributed by atoms with van der Waals surface area (Å²) in [5.41, 5.74) is 2.29. The highest BCUT2D eigenvalue weighted by atomic mass is 32.1. The number of alkyl halides is 6. The van der Waals surface area contributed by atoms with Crippen LogP contribution in [0.25, 0.3) is 0 Å². The van der Waals surface area contributed by atoms with Crippen molar-refractivity contribution in [3.8, 4) is 0 Å². The molecular formula is C20H19F6N3O5S. The molecule has 0 saturated carbocycles. The van der Waals surface area contributed by atoms with E-state index in [0.29, 0.717) is 5.92 Å². The van der Waals surface area contributed by atoms with Gasteiger partial charge in [0.2, 0.25) is 5.91 Å². The van der Waals surface area contributed by atoms with E-state index in [0.717, 1.165) is 31.9 Å². The van der Waals surface area contributed by atoms with Gasteiger partial charge in [0.05, 0.1) is 17.8 Å². The van der Waals surface area contributed by atoms with Gasteiger partial charge in [0.1, 0.15) is 0 Å². The number of carbonyl (C=O) groups is 3. The average molecular weight is 527 g/mol. The van der Waals surface area contributed by atoms with Crippen LogP contribution in [0.4, 0.5) is 32.0 Å². The van der Waals surface area contributed by atoms with Crippen LogP contribution >= 0.6 is 11.3 Å². The van der Waals surface area contributed by atoms with Gasteiger partial charge in [-0.1, -0.05) is 0 Å². The lowest BCUT2D eigenvalue weighted by molar-refractivity contribution is -0.193. The van der Waals surface area contributed by atoms with Crippen LogP contribution < -0.4 is 4.90 Å². The Morgan fingerprint density at radius 3 is 2.06 bits per heavy atom. The zero-order chi connectivity index (χ0) is 26.4. The van der Waals surface area contributed by atoms with Crippen molar-refractivity contribution in [2.75, 3.05) is 24.5 Å². The minimum atomic E-state index is -5.08. The number of pyridine rings is 1. The van der Waals surface area contributed by atoms with Gasteiger partial charge in [0, 0.05) is 38.3 Å². The Morgan fingerprint density at radius 1 is 1.03 bits per heavy atom. The minimum absolute atomic E-state index is 0.156. The van der Waals surface area contributed by atoms with E-state index < -0.39 is 24.3 Å². The summed E-state index contributed by atoms with van der Waals surface area (Å²) >= 11 is 1.73. The van der Waals surface area contributed by atoms with Crippen molar-refractivity contribution >= 4 is 34.9 Å². The van der Waals surface area contributed by atoms with Crippen LogP contribution in [0.1, 0.15) is 5.56 Å². The summed E-state index contributed by atoms with van der Waals surface area (Å²) in [6.07, 6.45) is -6.64. The Balaban J connectivity index is 0.000000257. The van der Waals surface area contributed by atoms with Crippen molar-refractivity contribution in [2.24, 2.45) is 11.8 Å². The van der Waals surface area contributed by atoms with Crippen molar-refractivity contribution in [1.29, 1.82) is 0 Å². The van der Waals surface area contributed by atoms with E-state index in [9.17, 15) is 31.1 Å². The molecule has 0 aliphatic carbocycles. The highest BCUT2D eigenvalue weighted by Crippen LogP contribution is 2.35. The Kier molecular flexibility index (Phi) is 9.20. The average Bonchev–Trinajstić information content (AvgIpc) is 3.47. The predicted molar refractivity (Wildman–Crippen MR) is 111 cm³/mol. The van der Waals surface area contributed by atoms with E-state index >= 15 is 0 Å². The quantitative estimate of drug-likeness (QED) is 0.588. The summed E-state index contributed by atoms with van der Waals surface area (Å²) in [6, 6.07) is 6.02. The Labute approximate surface area is 198 Å². The van der Waals surface area contributed by atoms with Gasteiger partial charge in [-0.15, -0.1) is 0 Å². The largest absolute Gasteiger partial charge is 0.490 e. The van der Waals surface area contributed by atoms with Gasteiger partial charge in [-0.05, 0) is 34.5 Å². The van der Waals surface area contributed by atoms with Gasteiger partial charge < -0.3 is 15.1 Å². The van der Waals surface area contributed by atoms with Gasteiger partial charge in [-0.25, -0.2) is 9.59 Å². The van der Waals surface area contributed by atoms with E-state index in [4.69, 9.17) is 19.8 Å². The van der Waals surface area contributed by atoms with E-state index in [1.807, 2.05) is 17.0 Å². The van der Waals surface area contributed by atoms with Crippen LogP contribution in [0.15, 0.2) is 41.4 Å². The number of likely N-dealkylation sites (tertiary alicyclic amines) is 1. The van der Waals surface area contributed by atoms with Crippen molar-refractivity contribution in [2.45, 2.75) is 18.9 Å². The Hall–Kier alpha value is -3.20. The summed E-state index contributed by atoms with van der Waals surface area (Å²) in [7, 11) is 0. The number of carboxylic acid groups (broad SMARTS) is 2. The third-order valence-corrected chi connectivity index (χ3v) is 5.68. The van der Waals surface area contributed by atoms with Gasteiger partial charge in [0.15, 0.2) is 0 Å². The first-order valence-corrected chi connectivity index (χ1v) is 10.7. The van der Waals surface area contributed by atoms with Crippen molar-refractivity contribution in [3.05, 3.63) is 46.9 Å². The maximum atomic E-state index is 12.6. The molecule has 2 aromatic heterocycles. The first kappa shape index (κ1) is 28.0. The number of amides is 1. The lowest BCUT2D eigenvalue weighted by Gasteiger charge is -2.21. The topological polar surface area (TPSA) is 111 Å². The fourth-order valence-electron chi connectivity index (χ4n) is 3.47. The molecule has 2 N–H and O–H groups in total. The number of aromatic nitrogens is 1. The van der Waals surface area contributed by atoms with Crippen LogP contribution in [0.3, 0.4) is 0 Å². The number of rotatable bonds is 3. The number of hydrogen-bond donors (Lipinski definition) is 2. The van der Waals surface area contributed by atoms with Crippen LogP contribution in [-0.4, -0.2) is 69.9 Å². The second-order valence-corrected chi connectivity index (χ2v) is 8.24. The molecule has 2 aliphatic rings. The molecule has 15 heteroatoms. The summed E-state index contributed by atoms with van der Waals surface area (Å²) in [4.78, 5) is 38.8. The van der Waals surface area contributed by atoms with Crippen LogP contribution in [0.2, 0.25) is 0 Å². The monoisotopic (exact) mass is 527 g/mol. The van der Waals surface area contributed by atoms with Crippen molar-refractivity contribution in [1.82, 2.24) is 9.88 Å². The van der Waals surface area contributed by atoms with E-state index in [-0.39, 0.29) is 11.8 Å². The molecule has 0 bridgehead atoms. The maximum Gasteiger partial charge on any atom is 0.490 e. The number of halogens is 6. The summed E-state index contributed by atoms with van der Waals surface area (Å²) in [5, 5.41) is 18.6. The number of nitrogens with zero attached hydrogens (tertiary/aromatic N) is 3. The zero-order valence-corrected chi connectivity index (χ0v) is 18.5. The molecule has 4 heterocycles. The maximum absolute atomic E-state index is 12.6. The number of hydrogen-bond acceptors (Lipinski definition) is 6. The fraction of sp³-hybridized carbons (Fsp3) is 0.400. The third kappa shape index (κ3) is 8.20. The second-order valence-electron chi connectivity index (χ2n) is 7.46. The smallest absolute Gasteiger partial charge is 0.475 e. The second kappa shape index (κ2) is 11.5. The van der Waals surface area contributed by atoms with Crippen molar-refractivity contribution < 1.29 is 50.9 Å². The number of carboxylic acids is 2. The molecule has 0 unspecified atom stereocenters. The molecule has 0 aromatic carbocycles. The number of thiophene rings is 1. The number of fused-ring (bicyclic) bond motifs is 1.